The minimum atomic E-state index is -1.50. The molecule has 7 nitrogen and oxygen atoms in total. The molecule has 1 heterocycles. The van der Waals surface area contributed by atoms with Crippen LogP contribution in [0.1, 0.15) is 19.3 Å². The number of aromatic nitrogens is 3. The third-order valence-corrected chi connectivity index (χ3v) is 2.13. The smallest absolute Gasteiger partial charge is 0.291 e. The first-order chi connectivity index (χ1) is 7.81. The molecule has 0 aliphatic heterocycles. The number of unbranched alkanes of at least 4 members (excludes halogenated alkanes) is 1. The lowest BCUT2D eigenvalue weighted by Gasteiger charge is -2.09. The third-order valence-electron chi connectivity index (χ3n) is 1.56. The Morgan fingerprint density at radius 2 is 2.00 bits per heavy atom. The number of nitrogens with zero attached hydrogens (tertiary/aromatic N) is 4. The molecule has 0 amide bonds. The molecule has 0 spiro atoms. The standard InChI is InChI=1S/C7H10Cl3N3.HNO3/c8-7(9,10)3-1-2-4-13-6-11-5-12-13;2-1(3)4/h5-6H,1-4H2;(H,2,3,4). The van der Waals surface area contributed by atoms with E-state index in [1.165, 1.54) is 6.33 Å². The first kappa shape index (κ1) is 16.2. The Morgan fingerprint density at radius 3 is 2.41 bits per heavy atom. The zero-order chi connectivity index (χ0) is 13.3. The van der Waals surface area contributed by atoms with Gasteiger partial charge in [-0.3, -0.25) is 4.68 Å². The number of hydrogen-bond donors (Lipinski definition) is 1. The van der Waals surface area contributed by atoms with Gasteiger partial charge in [-0.15, -0.1) is 10.1 Å². The lowest BCUT2D eigenvalue weighted by molar-refractivity contribution is -0.742. The maximum atomic E-state index is 8.36. The third kappa shape index (κ3) is 13.1. The van der Waals surface area contributed by atoms with Crippen molar-refractivity contribution in [2.24, 2.45) is 0 Å². The molecule has 1 aromatic rings. The lowest BCUT2D eigenvalue weighted by atomic mass is 10.2. The highest BCUT2D eigenvalue weighted by molar-refractivity contribution is 6.67. The minimum Gasteiger partial charge on any atom is -0.328 e. The molecular formula is C7H11Cl3N4O3. The van der Waals surface area contributed by atoms with Gasteiger partial charge in [-0.25, -0.2) is 4.98 Å². The van der Waals surface area contributed by atoms with Gasteiger partial charge in [0.05, 0.1) is 0 Å². The lowest BCUT2D eigenvalue weighted by Crippen LogP contribution is -2.03. The van der Waals surface area contributed by atoms with Crippen LogP contribution in [0, 0.1) is 10.1 Å². The van der Waals surface area contributed by atoms with Crippen molar-refractivity contribution < 1.29 is 10.3 Å². The van der Waals surface area contributed by atoms with Crippen LogP contribution in [0.25, 0.3) is 0 Å². The van der Waals surface area contributed by atoms with Gasteiger partial charge in [-0.05, 0) is 19.3 Å². The number of rotatable bonds is 4. The average molecular weight is 306 g/mol. The molecule has 10 heteroatoms. The molecule has 0 aliphatic carbocycles. The van der Waals surface area contributed by atoms with Crippen LogP contribution >= 0.6 is 34.8 Å². The highest BCUT2D eigenvalue weighted by Gasteiger charge is 2.17. The minimum absolute atomic E-state index is 0.576. The Morgan fingerprint density at radius 1 is 1.41 bits per heavy atom. The Hall–Kier alpha value is -0.790. The van der Waals surface area contributed by atoms with Crippen molar-refractivity contribution in [2.45, 2.75) is 29.6 Å². The Balaban J connectivity index is 0.000000557. The van der Waals surface area contributed by atoms with Gasteiger partial charge in [-0.2, -0.15) is 5.10 Å². The molecule has 0 saturated carbocycles. The quantitative estimate of drug-likeness (QED) is 0.399. The molecule has 0 atom stereocenters. The fourth-order valence-electron chi connectivity index (χ4n) is 0.947. The number of hydrogen-bond acceptors (Lipinski definition) is 4. The summed E-state index contributed by atoms with van der Waals surface area (Å²) in [6.07, 6.45) is 5.57. The van der Waals surface area contributed by atoms with Gasteiger partial charge in [0, 0.05) is 6.54 Å². The monoisotopic (exact) mass is 304 g/mol. The molecule has 0 unspecified atom stereocenters. The number of halogens is 3. The summed E-state index contributed by atoms with van der Waals surface area (Å²) in [5.41, 5.74) is 0. The molecule has 0 bridgehead atoms. The average Bonchev–Trinajstić information content (AvgIpc) is 2.62. The summed E-state index contributed by atoms with van der Waals surface area (Å²) in [6, 6.07) is 0. The summed E-state index contributed by atoms with van der Waals surface area (Å²) in [5.74, 6) is 0. The molecule has 1 aromatic heterocycles. The predicted octanol–water partition coefficient (Wildman–Crippen LogP) is 2.47. The molecule has 1 N–H and O–H groups in total. The van der Waals surface area contributed by atoms with Crippen molar-refractivity contribution in [3.63, 3.8) is 0 Å². The molecule has 0 fully saturated rings. The van der Waals surface area contributed by atoms with Gasteiger partial charge < -0.3 is 5.21 Å². The highest BCUT2D eigenvalue weighted by Crippen LogP contribution is 2.31. The molecule has 0 radical (unpaired) electrons. The van der Waals surface area contributed by atoms with Gasteiger partial charge >= 0.3 is 0 Å². The van der Waals surface area contributed by atoms with E-state index in [1.807, 2.05) is 0 Å². The molecule has 98 valence electrons. The number of alkyl halides is 3. The summed E-state index contributed by atoms with van der Waals surface area (Å²) < 4.78 is 0.640. The van der Waals surface area contributed by atoms with Crippen LogP contribution < -0.4 is 0 Å². The second-order valence-electron chi connectivity index (χ2n) is 2.97. The second kappa shape index (κ2) is 8.32. The van der Waals surface area contributed by atoms with E-state index < -0.39 is 8.88 Å². The van der Waals surface area contributed by atoms with Gasteiger partial charge in [0.1, 0.15) is 12.7 Å². The van der Waals surface area contributed by atoms with Crippen LogP contribution in [-0.2, 0) is 6.54 Å². The van der Waals surface area contributed by atoms with Crippen LogP contribution in [-0.4, -0.2) is 28.9 Å². The van der Waals surface area contributed by atoms with E-state index in [1.54, 1.807) is 11.0 Å². The fourth-order valence-corrected chi connectivity index (χ4v) is 1.35. The first-order valence-corrected chi connectivity index (χ1v) is 5.67. The van der Waals surface area contributed by atoms with Crippen molar-refractivity contribution in [2.75, 3.05) is 0 Å². The fraction of sp³-hybridized carbons (Fsp3) is 0.714. The molecule has 17 heavy (non-hydrogen) atoms. The van der Waals surface area contributed by atoms with Crippen LogP contribution in [0.2, 0.25) is 0 Å². The molecule has 0 aliphatic rings. The summed E-state index contributed by atoms with van der Waals surface area (Å²) >= 11 is 16.8. The summed E-state index contributed by atoms with van der Waals surface area (Å²) in [7, 11) is 0. The van der Waals surface area contributed by atoms with E-state index in [2.05, 4.69) is 10.1 Å². The Labute approximate surface area is 112 Å². The van der Waals surface area contributed by atoms with Gasteiger partial charge in [0.2, 0.25) is 0 Å². The molecule has 1 rings (SSSR count). The maximum absolute atomic E-state index is 8.36. The van der Waals surface area contributed by atoms with Crippen LogP contribution in [0.5, 0.6) is 0 Å². The van der Waals surface area contributed by atoms with Crippen LogP contribution in [0.4, 0.5) is 0 Å². The summed E-state index contributed by atoms with van der Waals surface area (Å²) in [6.45, 7) is 0.820. The summed E-state index contributed by atoms with van der Waals surface area (Å²) in [4.78, 5) is 12.2. The Kier molecular flexibility index (Phi) is 7.94. The SMILES string of the molecule is ClC(Cl)(Cl)CCCCn1cncn1.O=[N+]([O-])O. The van der Waals surface area contributed by atoms with Crippen molar-refractivity contribution in [3.8, 4) is 0 Å². The first-order valence-electron chi connectivity index (χ1n) is 4.53. The zero-order valence-corrected chi connectivity index (χ0v) is 10.9. The van der Waals surface area contributed by atoms with E-state index >= 15 is 0 Å². The molecule has 0 aromatic carbocycles. The van der Waals surface area contributed by atoms with E-state index in [0.29, 0.717) is 6.42 Å². The van der Waals surface area contributed by atoms with E-state index in [0.717, 1.165) is 19.4 Å². The van der Waals surface area contributed by atoms with Crippen LogP contribution in [0.15, 0.2) is 12.7 Å². The normalized spacial score (nSPS) is 10.5. The van der Waals surface area contributed by atoms with Crippen molar-refractivity contribution in [3.05, 3.63) is 22.8 Å². The van der Waals surface area contributed by atoms with Crippen LogP contribution in [0.3, 0.4) is 0 Å². The van der Waals surface area contributed by atoms with Crippen molar-refractivity contribution in [1.29, 1.82) is 0 Å². The molecule has 0 saturated heterocycles. The maximum Gasteiger partial charge on any atom is 0.291 e. The summed E-state index contributed by atoms with van der Waals surface area (Å²) in [5, 5.41) is 17.6. The highest BCUT2D eigenvalue weighted by atomic mass is 35.6. The van der Waals surface area contributed by atoms with Gasteiger partial charge in [0.15, 0.2) is 3.79 Å². The second-order valence-corrected chi connectivity index (χ2v) is 5.48. The van der Waals surface area contributed by atoms with Crippen molar-refractivity contribution in [1.82, 2.24) is 14.8 Å². The topological polar surface area (TPSA) is 94.1 Å². The van der Waals surface area contributed by atoms with Crippen molar-refractivity contribution >= 4 is 34.8 Å². The largest absolute Gasteiger partial charge is 0.328 e. The number of aryl methyl sites for hydroxylation is 1. The van der Waals surface area contributed by atoms with Gasteiger partial charge in [-0.1, -0.05) is 34.8 Å². The van der Waals surface area contributed by atoms with Gasteiger partial charge in [0.25, 0.3) is 5.09 Å². The van der Waals surface area contributed by atoms with E-state index in [4.69, 9.17) is 50.1 Å². The predicted molar refractivity (Wildman–Crippen MR) is 62.9 cm³/mol. The zero-order valence-electron chi connectivity index (χ0n) is 8.67. The Bertz CT molecular complexity index is 311. The van der Waals surface area contributed by atoms with E-state index in [9.17, 15) is 0 Å². The molecular weight excluding hydrogens is 294 g/mol. The van der Waals surface area contributed by atoms with E-state index in [-0.39, 0.29) is 0 Å².